The first-order valence-corrected chi connectivity index (χ1v) is 11.9. The number of para-hydroxylation sites is 1. The van der Waals surface area contributed by atoms with Crippen LogP contribution < -0.4 is 10.0 Å². The van der Waals surface area contributed by atoms with Crippen molar-refractivity contribution in [2.24, 2.45) is 0 Å². The van der Waals surface area contributed by atoms with Gasteiger partial charge in [-0.2, -0.15) is 0 Å². The summed E-state index contributed by atoms with van der Waals surface area (Å²) in [5.74, 6) is -1.21. The normalized spacial score (nSPS) is 13.5. The summed E-state index contributed by atoms with van der Waals surface area (Å²) in [4.78, 5) is 26.9. The summed E-state index contributed by atoms with van der Waals surface area (Å²) in [6.45, 7) is 1.47. The number of carbonyl (C=O) groups excluding carboxylic acids is 2. The van der Waals surface area contributed by atoms with Gasteiger partial charge in [0, 0.05) is 29.9 Å². The molecule has 3 aromatic carbocycles. The second-order valence-corrected chi connectivity index (χ2v) is 9.33. The molecule has 2 N–H and O–H groups in total. The van der Waals surface area contributed by atoms with Crippen molar-refractivity contribution in [1.29, 1.82) is 0 Å². The first-order chi connectivity index (χ1) is 15.8. The Labute approximate surface area is 191 Å². The summed E-state index contributed by atoms with van der Waals surface area (Å²) in [5.41, 5.74) is 1.03. The van der Waals surface area contributed by atoms with Crippen LogP contribution >= 0.6 is 0 Å². The van der Waals surface area contributed by atoms with Crippen molar-refractivity contribution < 1.29 is 22.4 Å². The van der Waals surface area contributed by atoms with Crippen molar-refractivity contribution in [2.45, 2.75) is 17.7 Å². The number of hydrogen-bond donors (Lipinski definition) is 2. The Hall–Kier alpha value is -3.72. The van der Waals surface area contributed by atoms with E-state index in [1.165, 1.54) is 42.5 Å². The lowest BCUT2D eigenvalue weighted by molar-refractivity contribution is 0.0792. The van der Waals surface area contributed by atoms with Crippen molar-refractivity contribution in [3.8, 4) is 0 Å². The summed E-state index contributed by atoms with van der Waals surface area (Å²) in [5, 5.41) is 2.73. The largest absolute Gasteiger partial charge is 0.339 e. The SMILES string of the molecule is O=C(Nc1cccc(C(=O)N2CCCC2)c1)c1ccc(S(=O)(=O)Nc2ccccc2F)cc1. The highest BCUT2D eigenvalue weighted by Gasteiger charge is 2.20. The second-order valence-electron chi connectivity index (χ2n) is 7.64. The van der Waals surface area contributed by atoms with E-state index in [-0.39, 0.29) is 22.1 Å². The van der Waals surface area contributed by atoms with Gasteiger partial charge in [0.05, 0.1) is 10.6 Å². The van der Waals surface area contributed by atoms with E-state index in [0.717, 1.165) is 32.0 Å². The molecule has 0 aliphatic carbocycles. The number of benzene rings is 3. The second kappa shape index (κ2) is 9.41. The van der Waals surface area contributed by atoms with Gasteiger partial charge in [-0.25, -0.2) is 12.8 Å². The molecule has 0 atom stereocenters. The summed E-state index contributed by atoms with van der Waals surface area (Å²) < 4.78 is 41.0. The molecule has 7 nitrogen and oxygen atoms in total. The first-order valence-electron chi connectivity index (χ1n) is 10.4. The molecule has 0 bridgehead atoms. The molecule has 0 spiro atoms. The number of rotatable bonds is 6. The molecule has 0 aromatic heterocycles. The zero-order valence-electron chi connectivity index (χ0n) is 17.6. The molecule has 170 valence electrons. The van der Waals surface area contributed by atoms with Crippen molar-refractivity contribution in [3.05, 3.63) is 89.7 Å². The summed E-state index contributed by atoms with van der Waals surface area (Å²) >= 11 is 0. The predicted molar refractivity (Wildman–Crippen MR) is 123 cm³/mol. The molecule has 0 radical (unpaired) electrons. The van der Waals surface area contributed by atoms with E-state index in [0.29, 0.717) is 11.3 Å². The number of carbonyl (C=O) groups is 2. The number of nitrogens with one attached hydrogen (secondary N) is 2. The molecule has 4 rings (SSSR count). The van der Waals surface area contributed by atoms with Gasteiger partial charge < -0.3 is 10.2 Å². The summed E-state index contributed by atoms with van der Waals surface area (Å²) in [6, 6.07) is 17.4. The van der Waals surface area contributed by atoms with E-state index in [1.54, 1.807) is 29.2 Å². The van der Waals surface area contributed by atoms with Crippen LogP contribution in [0, 0.1) is 5.82 Å². The Bertz CT molecular complexity index is 1290. The van der Waals surface area contributed by atoms with Gasteiger partial charge in [0.1, 0.15) is 5.82 Å². The monoisotopic (exact) mass is 467 g/mol. The van der Waals surface area contributed by atoms with E-state index in [9.17, 15) is 22.4 Å². The Morgan fingerprint density at radius 2 is 1.55 bits per heavy atom. The van der Waals surface area contributed by atoms with Gasteiger partial charge >= 0.3 is 0 Å². The van der Waals surface area contributed by atoms with Crippen LogP contribution in [0.15, 0.2) is 77.7 Å². The number of halogens is 1. The van der Waals surface area contributed by atoms with Gasteiger partial charge in [0.2, 0.25) is 0 Å². The van der Waals surface area contributed by atoms with Crippen molar-refractivity contribution in [2.75, 3.05) is 23.1 Å². The molecule has 1 aliphatic rings. The fourth-order valence-electron chi connectivity index (χ4n) is 3.57. The molecule has 9 heteroatoms. The smallest absolute Gasteiger partial charge is 0.261 e. The van der Waals surface area contributed by atoms with Crippen LogP contribution in [0.1, 0.15) is 33.6 Å². The van der Waals surface area contributed by atoms with Crippen LogP contribution in [-0.2, 0) is 10.0 Å². The van der Waals surface area contributed by atoms with E-state index in [2.05, 4.69) is 10.0 Å². The average molecular weight is 468 g/mol. The number of sulfonamides is 1. The molecule has 0 unspecified atom stereocenters. The molecule has 3 aromatic rings. The van der Waals surface area contributed by atoms with E-state index in [1.807, 2.05) is 0 Å². The highest BCUT2D eigenvalue weighted by Crippen LogP contribution is 2.20. The van der Waals surface area contributed by atoms with Crippen LogP contribution in [0.5, 0.6) is 0 Å². The molecule has 2 amide bonds. The highest BCUT2D eigenvalue weighted by molar-refractivity contribution is 7.92. The predicted octanol–water partition coefficient (Wildman–Crippen LogP) is 4.11. The van der Waals surface area contributed by atoms with Crippen molar-refractivity contribution >= 4 is 33.2 Å². The minimum atomic E-state index is -4.02. The number of hydrogen-bond acceptors (Lipinski definition) is 4. The molecule has 1 aliphatic heterocycles. The third-order valence-electron chi connectivity index (χ3n) is 5.31. The minimum absolute atomic E-state index is 0.0690. The Morgan fingerprint density at radius 3 is 2.24 bits per heavy atom. The van der Waals surface area contributed by atoms with Gasteiger partial charge in [-0.3, -0.25) is 14.3 Å². The maximum Gasteiger partial charge on any atom is 0.261 e. The molecule has 1 saturated heterocycles. The van der Waals surface area contributed by atoms with Crippen LogP contribution in [0.3, 0.4) is 0 Å². The lowest BCUT2D eigenvalue weighted by atomic mass is 10.1. The number of nitrogens with zero attached hydrogens (tertiary/aromatic N) is 1. The Morgan fingerprint density at radius 1 is 0.848 bits per heavy atom. The zero-order valence-corrected chi connectivity index (χ0v) is 18.4. The third kappa shape index (κ3) is 5.20. The molecular weight excluding hydrogens is 445 g/mol. The van der Waals surface area contributed by atoms with Gasteiger partial charge in [-0.15, -0.1) is 0 Å². The number of anilines is 2. The van der Waals surface area contributed by atoms with Gasteiger partial charge in [-0.1, -0.05) is 18.2 Å². The lowest BCUT2D eigenvalue weighted by Crippen LogP contribution is -2.27. The molecule has 1 heterocycles. The third-order valence-corrected chi connectivity index (χ3v) is 6.69. The van der Waals surface area contributed by atoms with Gasteiger partial charge in [0.25, 0.3) is 21.8 Å². The van der Waals surface area contributed by atoms with Crippen molar-refractivity contribution in [3.63, 3.8) is 0 Å². The molecule has 1 fully saturated rings. The van der Waals surface area contributed by atoms with Crippen LogP contribution in [0.25, 0.3) is 0 Å². The minimum Gasteiger partial charge on any atom is -0.339 e. The first kappa shape index (κ1) is 22.5. The number of likely N-dealkylation sites (tertiary alicyclic amines) is 1. The molecule has 33 heavy (non-hydrogen) atoms. The van der Waals surface area contributed by atoms with E-state index >= 15 is 0 Å². The lowest BCUT2D eigenvalue weighted by Gasteiger charge is -2.16. The van der Waals surface area contributed by atoms with E-state index in [4.69, 9.17) is 0 Å². The van der Waals surface area contributed by atoms with Crippen LogP contribution in [-0.4, -0.2) is 38.2 Å². The standard InChI is InChI=1S/C24H22FN3O4S/c25-21-8-1-2-9-22(21)27-33(31,32)20-12-10-17(11-13-20)23(29)26-19-7-5-6-18(16-19)24(30)28-14-3-4-15-28/h1-2,5-13,16,27H,3-4,14-15H2,(H,26,29). The maximum absolute atomic E-state index is 13.8. The molecule has 0 saturated carbocycles. The van der Waals surface area contributed by atoms with Gasteiger partial charge in [0.15, 0.2) is 0 Å². The topological polar surface area (TPSA) is 95.6 Å². The Kier molecular flexibility index (Phi) is 6.41. The van der Waals surface area contributed by atoms with E-state index < -0.39 is 21.7 Å². The van der Waals surface area contributed by atoms with Crippen LogP contribution in [0.2, 0.25) is 0 Å². The summed E-state index contributed by atoms with van der Waals surface area (Å²) in [7, 11) is -4.02. The fraction of sp³-hybridized carbons (Fsp3) is 0.167. The zero-order chi connectivity index (χ0) is 23.4. The summed E-state index contributed by atoms with van der Waals surface area (Å²) in [6.07, 6.45) is 1.98. The maximum atomic E-state index is 13.8. The molecular formula is C24H22FN3O4S. The quantitative estimate of drug-likeness (QED) is 0.570. The Balaban J connectivity index is 1.45. The van der Waals surface area contributed by atoms with Gasteiger partial charge in [-0.05, 0) is 67.4 Å². The number of amides is 2. The fourth-order valence-corrected chi connectivity index (χ4v) is 4.64. The van der Waals surface area contributed by atoms with Crippen LogP contribution in [0.4, 0.5) is 15.8 Å². The van der Waals surface area contributed by atoms with Crippen molar-refractivity contribution in [1.82, 2.24) is 4.90 Å². The highest BCUT2D eigenvalue weighted by atomic mass is 32.2. The average Bonchev–Trinajstić information content (AvgIpc) is 3.35.